The lowest BCUT2D eigenvalue weighted by Gasteiger charge is -2.16. The van der Waals surface area contributed by atoms with Crippen molar-refractivity contribution in [3.63, 3.8) is 0 Å². The lowest BCUT2D eigenvalue weighted by Crippen LogP contribution is -2.33. The highest BCUT2D eigenvalue weighted by Gasteiger charge is 2.23. The largest absolute Gasteiger partial charge is 0.478 e. The van der Waals surface area contributed by atoms with Crippen LogP contribution in [-0.4, -0.2) is 54.8 Å². The number of nitrogens with one attached hydrogen (secondary N) is 1. The molecular weight excluding hydrogens is 520 g/mol. The molecule has 198 valence electrons. The molecule has 1 aliphatic rings. The third-order valence-corrected chi connectivity index (χ3v) is 6.90. The van der Waals surface area contributed by atoms with Crippen LogP contribution in [0.3, 0.4) is 0 Å². The normalized spacial score (nSPS) is 13.9. The van der Waals surface area contributed by atoms with Crippen molar-refractivity contribution in [1.82, 2.24) is 9.97 Å². The van der Waals surface area contributed by atoms with Gasteiger partial charge in [0.2, 0.25) is 11.8 Å². The van der Waals surface area contributed by atoms with Crippen molar-refractivity contribution in [3.05, 3.63) is 65.2 Å². The van der Waals surface area contributed by atoms with Gasteiger partial charge in [0.25, 0.3) is 10.0 Å². The molecule has 0 amide bonds. The second-order valence-corrected chi connectivity index (χ2v) is 10.4. The maximum absolute atomic E-state index is 13.0. The summed E-state index contributed by atoms with van der Waals surface area (Å²) in [7, 11) is -4.19. The molecule has 1 atom stereocenters. The molecule has 4 N–H and O–H groups in total. The highest BCUT2D eigenvalue weighted by atomic mass is 35.5. The molecule has 0 spiro atoms. The highest BCUT2D eigenvalue weighted by molar-refractivity contribution is 7.92. The predicted octanol–water partition coefficient (Wildman–Crippen LogP) is 3.57. The first-order valence-corrected chi connectivity index (χ1v) is 12.9. The number of nitrogens with two attached hydrogens (primary N) is 1. The van der Waals surface area contributed by atoms with E-state index in [-0.39, 0.29) is 53.4 Å². The lowest BCUT2D eigenvalue weighted by molar-refractivity contribution is 0.0696. The number of sulfonamides is 1. The van der Waals surface area contributed by atoms with Gasteiger partial charge in [-0.15, -0.1) is 12.4 Å². The van der Waals surface area contributed by atoms with E-state index in [0.29, 0.717) is 12.3 Å². The fraction of sp³-hybridized carbons (Fsp3) is 0.320. The summed E-state index contributed by atoms with van der Waals surface area (Å²) in [5.41, 5.74) is 9.11. The molecule has 1 saturated carbocycles. The summed E-state index contributed by atoms with van der Waals surface area (Å²) in [6.07, 6.45) is 2.35. The number of benzene rings is 2. The minimum absolute atomic E-state index is 0. The summed E-state index contributed by atoms with van der Waals surface area (Å²) in [6.45, 7) is 4.32. The summed E-state index contributed by atoms with van der Waals surface area (Å²) >= 11 is 0. The van der Waals surface area contributed by atoms with Gasteiger partial charge in [0.1, 0.15) is 6.61 Å². The number of ether oxygens (including phenoxy) is 2. The van der Waals surface area contributed by atoms with Gasteiger partial charge in [0.05, 0.1) is 34.9 Å². The van der Waals surface area contributed by atoms with E-state index in [1.165, 1.54) is 18.2 Å². The maximum Gasteiger partial charge on any atom is 0.335 e. The maximum atomic E-state index is 13.0. The van der Waals surface area contributed by atoms with Gasteiger partial charge >= 0.3 is 5.97 Å². The fourth-order valence-electron chi connectivity index (χ4n) is 3.60. The Morgan fingerprint density at radius 2 is 1.78 bits per heavy atom. The average molecular weight is 549 g/mol. The van der Waals surface area contributed by atoms with Crippen LogP contribution in [0.4, 0.5) is 5.95 Å². The number of anilines is 1. The van der Waals surface area contributed by atoms with Crippen LogP contribution in [-0.2, 0) is 14.8 Å². The van der Waals surface area contributed by atoms with Gasteiger partial charge in [0, 0.05) is 11.6 Å². The number of hydrogen-bond acceptors (Lipinski definition) is 8. The van der Waals surface area contributed by atoms with Crippen molar-refractivity contribution < 1.29 is 27.8 Å². The molecule has 0 unspecified atom stereocenters. The molecule has 1 aromatic heterocycles. The summed E-state index contributed by atoms with van der Waals surface area (Å²) in [4.78, 5) is 19.7. The molecular formula is C25H29ClN4O6S. The summed E-state index contributed by atoms with van der Waals surface area (Å²) in [6, 6.07) is 12.0. The molecule has 0 radical (unpaired) electrons. The van der Waals surface area contributed by atoms with E-state index in [2.05, 4.69) is 14.7 Å². The number of hydrogen-bond donors (Lipinski definition) is 3. The molecule has 0 bridgehead atoms. The zero-order chi connectivity index (χ0) is 25.9. The van der Waals surface area contributed by atoms with Gasteiger partial charge in [-0.3, -0.25) is 0 Å². The van der Waals surface area contributed by atoms with E-state index < -0.39 is 16.0 Å². The third kappa shape index (κ3) is 7.39. The van der Waals surface area contributed by atoms with Crippen LogP contribution < -0.4 is 15.2 Å². The van der Waals surface area contributed by atoms with Gasteiger partial charge in [-0.25, -0.2) is 22.9 Å². The molecule has 37 heavy (non-hydrogen) atoms. The number of carboxylic acids is 1. The zero-order valence-corrected chi connectivity index (χ0v) is 22.0. The highest BCUT2D eigenvalue weighted by Crippen LogP contribution is 2.29. The van der Waals surface area contributed by atoms with E-state index in [0.717, 1.165) is 35.6 Å². The molecule has 0 aliphatic heterocycles. The van der Waals surface area contributed by atoms with Crippen LogP contribution >= 0.6 is 12.4 Å². The lowest BCUT2D eigenvalue weighted by atomic mass is 10.00. The Morgan fingerprint density at radius 1 is 1.11 bits per heavy atom. The van der Waals surface area contributed by atoms with Crippen LogP contribution in [0.2, 0.25) is 0 Å². The van der Waals surface area contributed by atoms with Crippen LogP contribution in [0, 0.1) is 13.8 Å². The summed E-state index contributed by atoms with van der Waals surface area (Å²) in [5.74, 6) is -1.31. The van der Waals surface area contributed by atoms with E-state index >= 15 is 0 Å². The molecule has 1 aliphatic carbocycles. The minimum atomic E-state index is -4.19. The van der Waals surface area contributed by atoms with Crippen LogP contribution in [0.5, 0.6) is 5.88 Å². The molecule has 10 nitrogen and oxygen atoms in total. The molecule has 4 rings (SSSR count). The van der Waals surface area contributed by atoms with Crippen molar-refractivity contribution >= 4 is 34.3 Å². The van der Waals surface area contributed by atoms with Crippen LogP contribution in [0.25, 0.3) is 11.3 Å². The van der Waals surface area contributed by atoms with Crippen LogP contribution in [0.15, 0.2) is 53.4 Å². The molecule has 0 saturated heterocycles. The van der Waals surface area contributed by atoms with Gasteiger partial charge in [-0.05, 0) is 56.0 Å². The molecule has 1 heterocycles. The van der Waals surface area contributed by atoms with Crippen molar-refractivity contribution in [2.45, 2.75) is 43.7 Å². The van der Waals surface area contributed by atoms with E-state index in [1.54, 1.807) is 6.07 Å². The topological polar surface area (TPSA) is 154 Å². The minimum Gasteiger partial charge on any atom is -0.478 e. The predicted molar refractivity (Wildman–Crippen MR) is 141 cm³/mol. The van der Waals surface area contributed by atoms with E-state index in [4.69, 9.17) is 15.2 Å². The Kier molecular flexibility index (Phi) is 9.08. The number of aromatic carboxylic acids is 1. The first kappa shape index (κ1) is 28.3. The Morgan fingerprint density at radius 3 is 2.43 bits per heavy atom. The van der Waals surface area contributed by atoms with Crippen molar-refractivity contribution in [2.75, 3.05) is 17.9 Å². The average Bonchev–Trinajstić information content (AvgIpc) is 3.66. The standard InChI is InChI=1S/C25H28N4O6S.ClH/c1-15-5-3-6-16(2)23(15)21-12-22(35-14-18(26)13-34-19-9-10-19)28-25(27-21)29-36(32,33)20-8-4-7-17(11-20)24(30)31;/h3-8,11-12,18-19H,9-10,13-14,26H2,1-2H3,(H,30,31)(H,27,28,29);1H/t18-;/m1./s1. The number of aromatic nitrogens is 2. The first-order chi connectivity index (χ1) is 17.1. The smallest absolute Gasteiger partial charge is 0.335 e. The van der Waals surface area contributed by atoms with E-state index in [1.807, 2.05) is 32.0 Å². The molecule has 1 fully saturated rings. The van der Waals surface area contributed by atoms with Gasteiger partial charge in [-0.1, -0.05) is 24.3 Å². The number of aryl methyl sites for hydroxylation is 2. The zero-order valence-electron chi connectivity index (χ0n) is 20.4. The van der Waals surface area contributed by atoms with Crippen molar-refractivity contribution in [1.29, 1.82) is 0 Å². The Hall–Kier alpha value is -3.25. The summed E-state index contributed by atoms with van der Waals surface area (Å²) < 4.78 is 39.8. The van der Waals surface area contributed by atoms with Gasteiger partial charge in [-0.2, -0.15) is 4.98 Å². The quantitative estimate of drug-likeness (QED) is 0.326. The molecule has 2 aromatic carbocycles. The second kappa shape index (κ2) is 11.9. The fourth-order valence-corrected chi connectivity index (χ4v) is 4.59. The van der Waals surface area contributed by atoms with Crippen molar-refractivity contribution in [2.24, 2.45) is 5.73 Å². The first-order valence-electron chi connectivity index (χ1n) is 11.4. The SMILES string of the molecule is Cc1cccc(C)c1-c1cc(OC[C@H](N)COC2CC2)nc(NS(=O)(=O)c2cccc(C(=O)O)c2)n1.Cl. The number of carboxylic acid groups (broad SMARTS) is 1. The molecule has 12 heteroatoms. The summed E-state index contributed by atoms with van der Waals surface area (Å²) in [5, 5.41) is 9.22. The van der Waals surface area contributed by atoms with E-state index in [9.17, 15) is 18.3 Å². The van der Waals surface area contributed by atoms with Gasteiger partial charge in [0.15, 0.2) is 0 Å². The second-order valence-electron chi connectivity index (χ2n) is 8.72. The number of carbonyl (C=O) groups is 1. The molecule has 3 aromatic rings. The van der Waals surface area contributed by atoms with Gasteiger partial charge < -0.3 is 20.3 Å². The Balaban J connectivity index is 0.00000380. The third-order valence-electron chi connectivity index (χ3n) is 5.57. The number of rotatable bonds is 11. The van der Waals surface area contributed by atoms with Crippen LogP contribution in [0.1, 0.15) is 34.3 Å². The Labute approximate surface area is 221 Å². The Bertz CT molecular complexity index is 1360. The van der Waals surface area contributed by atoms with Crippen molar-refractivity contribution in [3.8, 4) is 17.1 Å². The monoisotopic (exact) mass is 548 g/mol. The number of halogens is 1. The number of nitrogens with zero attached hydrogens (tertiary/aromatic N) is 2.